The first-order chi connectivity index (χ1) is 14.1. The number of benzene rings is 3. The zero-order chi connectivity index (χ0) is 20.2. The molecule has 3 aromatic carbocycles. The summed E-state index contributed by atoms with van der Waals surface area (Å²) in [5.74, 6) is 0. The minimum absolute atomic E-state index is 0.442. The van der Waals surface area contributed by atoms with E-state index in [0.717, 1.165) is 0 Å². The van der Waals surface area contributed by atoms with Crippen molar-refractivity contribution in [1.82, 2.24) is 0 Å². The molecule has 0 nitrogen and oxygen atoms in total. The molecule has 0 saturated heterocycles. The van der Waals surface area contributed by atoms with Gasteiger partial charge in [0.2, 0.25) is 0 Å². The molecule has 29 heavy (non-hydrogen) atoms. The van der Waals surface area contributed by atoms with E-state index in [9.17, 15) is 0 Å². The third kappa shape index (κ3) is 4.72. The van der Waals surface area contributed by atoms with Crippen molar-refractivity contribution in [3.05, 3.63) is 126 Å². The molecule has 0 unspecified atom stereocenters. The molecule has 0 heterocycles. The summed E-state index contributed by atoms with van der Waals surface area (Å²) in [6, 6.07) is 27.8. The van der Waals surface area contributed by atoms with Gasteiger partial charge >= 0.3 is 183 Å². The summed E-state index contributed by atoms with van der Waals surface area (Å²) in [5.41, 5.74) is 6.88. The van der Waals surface area contributed by atoms with Crippen molar-refractivity contribution in [3.63, 3.8) is 0 Å². The van der Waals surface area contributed by atoms with Crippen LogP contribution in [0.5, 0.6) is 0 Å². The van der Waals surface area contributed by atoms with Crippen LogP contribution in [0, 0.1) is 24.3 Å². The molecule has 0 aliphatic heterocycles. The number of rotatable bonds is 5. The summed E-state index contributed by atoms with van der Waals surface area (Å²) >= 11 is -1.75. The summed E-state index contributed by atoms with van der Waals surface area (Å²) in [6.07, 6.45) is 9.64. The predicted molar refractivity (Wildman–Crippen MR) is 135 cm³/mol. The zero-order valence-electron chi connectivity index (χ0n) is 17.5. The van der Waals surface area contributed by atoms with E-state index in [1.54, 1.807) is 7.15 Å². The molecule has 148 valence electrons. The van der Waals surface area contributed by atoms with E-state index in [1.807, 2.05) is 0 Å². The van der Waals surface area contributed by atoms with Gasteiger partial charge in [-0.2, -0.15) is 0 Å². The van der Waals surface area contributed by atoms with Crippen molar-refractivity contribution in [1.29, 1.82) is 0 Å². The molecular formula is C28H29I. The average molecular weight is 492 g/mol. The normalized spacial score (nSPS) is 14.1. The van der Waals surface area contributed by atoms with Crippen LogP contribution in [-0.2, 0) is 0 Å². The summed E-state index contributed by atoms with van der Waals surface area (Å²) < 4.78 is 3.58. The van der Waals surface area contributed by atoms with E-state index >= 15 is 0 Å². The Hall–Kier alpha value is -2.13. The first kappa shape index (κ1) is 20.2. The molecule has 1 heteroatoms. The quantitative estimate of drug-likeness (QED) is 0.248. The second kappa shape index (κ2) is 9.13. The Morgan fingerprint density at radius 2 is 1.10 bits per heavy atom. The Morgan fingerprint density at radius 1 is 0.621 bits per heavy atom. The van der Waals surface area contributed by atoms with Crippen molar-refractivity contribution >= 4 is 19.8 Å². The van der Waals surface area contributed by atoms with Gasteiger partial charge in [-0.3, -0.25) is 0 Å². The first-order valence-corrected chi connectivity index (χ1v) is 13.8. The molecule has 0 atom stereocenters. The number of halogens is 1. The van der Waals surface area contributed by atoms with Gasteiger partial charge in [-0.05, 0) is 0 Å². The Labute approximate surface area is 182 Å². The van der Waals surface area contributed by atoms with Crippen LogP contribution in [0.1, 0.15) is 44.6 Å². The Kier molecular flexibility index (Phi) is 6.34. The predicted octanol–water partition coefficient (Wildman–Crippen LogP) is 8.31. The minimum atomic E-state index is -1.75. The molecular weight excluding hydrogens is 463 g/mol. The molecule has 4 rings (SSSR count). The van der Waals surface area contributed by atoms with Crippen LogP contribution in [0.25, 0.3) is 0 Å². The van der Waals surface area contributed by atoms with E-state index in [0.29, 0.717) is 3.92 Å². The van der Waals surface area contributed by atoms with Gasteiger partial charge < -0.3 is 0 Å². The first-order valence-electron chi connectivity index (χ1n) is 10.4. The number of aryl methyl sites for hydroxylation is 3. The van der Waals surface area contributed by atoms with E-state index in [-0.39, 0.29) is 0 Å². The van der Waals surface area contributed by atoms with Crippen LogP contribution in [0.15, 0.2) is 94.6 Å². The summed E-state index contributed by atoms with van der Waals surface area (Å²) in [4.78, 5) is 0. The van der Waals surface area contributed by atoms with Crippen LogP contribution >= 0.6 is 19.8 Å². The van der Waals surface area contributed by atoms with Crippen molar-refractivity contribution in [2.45, 2.75) is 37.5 Å². The fraction of sp³-hybridized carbons (Fsp3) is 0.214. The molecule has 0 bridgehead atoms. The van der Waals surface area contributed by atoms with Gasteiger partial charge in [0.15, 0.2) is 0 Å². The zero-order valence-corrected chi connectivity index (χ0v) is 19.7. The maximum absolute atomic E-state index is 2.51. The van der Waals surface area contributed by atoms with E-state index < -0.39 is 19.8 Å². The molecule has 3 aromatic rings. The number of hydrogen-bond donors (Lipinski definition) is 0. The molecule has 1 aliphatic rings. The van der Waals surface area contributed by atoms with Gasteiger partial charge in [0, 0.05) is 0 Å². The SMILES string of the molecule is Cc1ccc(C(c2ccc(C)cc2)I(C2=CCCC=C2)c2ccc(C)cc2)cc1. The Bertz CT molecular complexity index is 960. The molecule has 0 fully saturated rings. The maximum atomic E-state index is 2.51. The second-order valence-electron chi connectivity index (χ2n) is 7.86. The second-order valence-corrected chi connectivity index (χ2v) is 13.4. The van der Waals surface area contributed by atoms with Crippen LogP contribution in [0.2, 0.25) is 0 Å². The van der Waals surface area contributed by atoms with Crippen LogP contribution in [0.4, 0.5) is 0 Å². The van der Waals surface area contributed by atoms with E-state index in [4.69, 9.17) is 0 Å². The standard InChI is InChI=1S/C28H29I/c1-21-9-15-24(16-10-21)28(25-17-11-22(2)12-18-25)29(26-7-5-4-6-8-26)27-19-13-23(3)14-20-27/h5,7-20,28H,4,6H2,1-3H3. The fourth-order valence-electron chi connectivity index (χ4n) is 3.69. The van der Waals surface area contributed by atoms with Crippen LogP contribution < -0.4 is 0 Å². The van der Waals surface area contributed by atoms with Gasteiger partial charge in [-0.25, -0.2) is 0 Å². The fourth-order valence-corrected chi connectivity index (χ4v) is 10.7. The third-order valence-electron chi connectivity index (χ3n) is 5.39. The van der Waals surface area contributed by atoms with Crippen molar-refractivity contribution in [3.8, 4) is 0 Å². The van der Waals surface area contributed by atoms with E-state index in [1.165, 1.54) is 40.7 Å². The molecule has 1 aliphatic carbocycles. The molecule has 0 amide bonds. The van der Waals surface area contributed by atoms with Gasteiger partial charge in [-0.1, -0.05) is 0 Å². The molecule has 0 radical (unpaired) electrons. The monoisotopic (exact) mass is 492 g/mol. The number of alkyl halides is 1. The number of allylic oxidation sites excluding steroid dienone is 4. The van der Waals surface area contributed by atoms with Crippen LogP contribution in [0.3, 0.4) is 0 Å². The Morgan fingerprint density at radius 3 is 1.55 bits per heavy atom. The van der Waals surface area contributed by atoms with Gasteiger partial charge in [-0.15, -0.1) is 0 Å². The molecule has 0 saturated carbocycles. The third-order valence-corrected chi connectivity index (χ3v) is 12.3. The van der Waals surface area contributed by atoms with Gasteiger partial charge in [0.1, 0.15) is 0 Å². The molecule has 0 N–H and O–H groups in total. The van der Waals surface area contributed by atoms with Crippen molar-refractivity contribution in [2.75, 3.05) is 0 Å². The summed E-state index contributed by atoms with van der Waals surface area (Å²) in [5, 5.41) is 0. The van der Waals surface area contributed by atoms with E-state index in [2.05, 4.69) is 112 Å². The summed E-state index contributed by atoms with van der Waals surface area (Å²) in [6.45, 7) is 6.53. The Balaban J connectivity index is 1.90. The van der Waals surface area contributed by atoms with Crippen molar-refractivity contribution in [2.24, 2.45) is 0 Å². The van der Waals surface area contributed by atoms with Gasteiger partial charge in [0.05, 0.1) is 0 Å². The van der Waals surface area contributed by atoms with Crippen LogP contribution in [-0.4, -0.2) is 0 Å². The van der Waals surface area contributed by atoms with Crippen molar-refractivity contribution < 1.29 is 0 Å². The van der Waals surface area contributed by atoms with Gasteiger partial charge in [0.25, 0.3) is 0 Å². The number of hydrogen-bond acceptors (Lipinski definition) is 0. The molecule has 0 aromatic heterocycles. The molecule has 0 spiro atoms. The topological polar surface area (TPSA) is 0 Å². The average Bonchev–Trinajstić information content (AvgIpc) is 2.75. The summed E-state index contributed by atoms with van der Waals surface area (Å²) in [7, 11) is 0.